The molecule has 450 valence electrons. The second kappa shape index (κ2) is 25.5. The van der Waals surface area contributed by atoms with Gasteiger partial charge >= 0.3 is 18.2 Å². The van der Waals surface area contributed by atoms with Crippen LogP contribution >= 0.6 is 0 Å². The van der Waals surface area contributed by atoms with Gasteiger partial charge in [-0.15, -0.1) is 0 Å². The fourth-order valence-electron chi connectivity index (χ4n) is 13.8. The predicted octanol–water partition coefficient (Wildman–Crippen LogP) is 7.24. The average molecular weight is 1170 g/mol. The number of aliphatic hydroxyl groups excluding tert-OH is 3. The Morgan fingerprint density at radius 2 is 1.11 bits per heavy atom. The molecule has 5 aromatic rings. The van der Waals surface area contributed by atoms with Gasteiger partial charge in [0.25, 0.3) is 0 Å². The molecule has 0 aromatic heterocycles. The molecule has 7 saturated heterocycles. The van der Waals surface area contributed by atoms with Gasteiger partial charge in [-0.3, -0.25) is 9.69 Å². The lowest BCUT2D eigenvalue weighted by molar-refractivity contribution is -0.327. The van der Waals surface area contributed by atoms with E-state index in [0.29, 0.717) is 37.7 Å². The van der Waals surface area contributed by atoms with Crippen molar-refractivity contribution in [3.63, 3.8) is 0 Å². The Morgan fingerprint density at radius 1 is 0.565 bits per heavy atom. The number of aliphatic hydroxyl groups is 3. The van der Waals surface area contributed by atoms with Crippen molar-refractivity contribution in [2.45, 2.75) is 181 Å². The van der Waals surface area contributed by atoms with Crippen LogP contribution in [0.2, 0.25) is 0 Å². The fourth-order valence-corrected chi connectivity index (χ4v) is 13.8. The van der Waals surface area contributed by atoms with E-state index in [1.165, 1.54) is 4.90 Å². The Hall–Kier alpha value is -6.37. The monoisotopic (exact) mass is 1170 g/mol. The van der Waals surface area contributed by atoms with Crippen molar-refractivity contribution in [2.75, 3.05) is 6.61 Å². The molecule has 85 heavy (non-hydrogen) atoms. The molecule has 1 aliphatic carbocycles. The minimum atomic E-state index is -1.64. The zero-order valence-corrected chi connectivity index (χ0v) is 46.9. The molecule has 5 aromatic carbocycles. The number of esters is 1. The lowest BCUT2D eigenvalue weighted by Gasteiger charge is -2.50. The van der Waals surface area contributed by atoms with Gasteiger partial charge in [-0.1, -0.05) is 159 Å². The van der Waals surface area contributed by atoms with Crippen molar-refractivity contribution in [1.29, 1.82) is 0 Å². The summed E-state index contributed by atoms with van der Waals surface area (Å²) in [7, 11) is 0. The Balaban J connectivity index is 0.780. The molecule has 0 spiro atoms. The fraction of sp³-hybridized carbons (Fsp3) is 0.492. The largest absolute Gasteiger partial charge is 0.459 e. The Bertz CT molecular complexity index is 3030. The minimum absolute atomic E-state index is 0.0238. The zero-order chi connectivity index (χ0) is 58.1. The summed E-state index contributed by atoms with van der Waals surface area (Å²) in [4.78, 5) is 43.4. The van der Waals surface area contributed by atoms with E-state index in [2.05, 4.69) is 5.32 Å². The van der Waals surface area contributed by atoms with E-state index in [4.69, 9.17) is 56.8 Å². The van der Waals surface area contributed by atoms with Crippen LogP contribution in [0.1, 0.15) is 91.7 Å². The van der Waals surface area contributed by atoms with Gasteiger partial charge in [0.1, 0.15) is 80.2 Å². The van der Waals surface area contributed by atoms with Gasteiger partial charge in [0.05, 0.1) is 43.5 Å². The van der Waals surface area contributed by atoms with Crippen molar-refractivity contribution < 1.29 is 86.5 Å². The second-order valence-corrected chi connectivity index (χ2v) is 23.4. The van der Waals surface area contributed by atoms with Crippen LogP contribution in [0.4, 0.5) is 9.59 Å². The lowest BCUT2D eigenvalue weighted by atomic mass is 9.76. The molecular formula is C65H72N2O18. The molecule has 1 saturated carbocycles. The Kier molecular flexibility index (Phi) is 17.3. The van der Waals surface area contributed by atoms with Crippen LogP contribution in [0.25, 0.3) is 0 Å². The Labute approximate surface area is 492 Å². The molecule has 20 heteroatoms. The van der Waals surface area contributed by atoms with E-state index in [-0.39, 0.29) is 43.7 Å². The number of nitrogens with one attached hydrogen (secondary N) is 1. The van der Waals surface area contributed by atoms with Gasteiger partial charge in [0, 0.05) is 11.5 Å². The van der Waals surface area contributed by atoms with E-state index in [9.17, 15) is 29.7 Å². The van der Waals surface area contributed by atoms with Crippen LogP contribution in [0, 0.1) is 11.8 Å². The van der Waals surface area contributed by atoms with E-state index in [1.807, 2.05) is 159 Å². The van der Waals surface area contributed by atoms with Crippen LogP contribution in [-0.4, -0.2) is 149 Å². The maximum atomic E-state index is 14.9. The summed E-state index contributed by atoms with van der Waals surface area (Å²) in [6, 6.07) is 45.2. The normalized spacial score (nSPS) is 37.6. The minimum Gasteiger partial charge on any atom is -0.459 e. The maximum absolute atomic E-state index is 14.9. The van der Waals surface area contributed by atoms with Crippen LogP contribution < -0.4 is 5.32 Å². The van der Waals surface area contributed by atoms with E-state index < -0.39 is 135 Å². The van der Waals surface area contributed by atoms with Crippen molar-refractivity contribution in [1.82, 2.24) is 10.2 Å². The summed E-state index contributed by atoms with van der Waals surface area (Å²) in [5.74, 6) is -1.08. The maximum Gasteiger partial charge on any atom is 0.412 e. The van der Waals surface area contributed by atoms with Crippen molar-refractivity contribution in [2.24, 2.45) is 11.8 Å². The summed E-state index contributed by atoms with van der Waals surface area (Å²) in [5, 5.41) is 38.3. The SMILES string of the molecule is C[C@H]1C[C@H]2CC(=O)O[C@@H]2[C@@H](O[C@@H]2O[C@H](CO)[C@@H](O[C@H]3O[C@H]4CCC(c5ccccc5)O[C@H]4[C@H](O)[C@H]3NC(=O)OCc3ccccc3)[C@H]2O)[C@@H]1O[C@H]1O[C@@H]2CCC(c3ccccc3)O[C@H]2[C@@H]2OC(c3ccccc3)N(C(=O)OCc3ccccc3)C12. The number of fused-ring (bicyclic) bond motifs is 5. The van der Waals surface area contributed by atoms with Gasteiger partial charge in [-0.2, -0.15) is 0 Å². The molecule has 8 aliphatic rings. The number of alkyl carbamates (subject to hydrolysis) is 1. The third-order valence-electron chi connectivity index (χ3n) is 17.9. The van der Waals surface area contributed by atoms with Crippen LogP contribution in [0.15, 0.2) is 152 Å². The standard InChI is InChI=1S/C65H72N2O18/c1-36-31-42-32-48(69)81-54(42)59(85-63-52(71)56(47(33-68)80-63)84-61-49(66-64(72)74-34-37-17-7-2-8-18-37)51(70)55-45(78-61)29-27-43(76-55)39-21-11-4-12-22-39)53(36)83-62-50-58(57-46(79-62)30-28-44(77-57)40-23-13-5-14-24-40)82-60(41-25-15-6-16-26-41)67(50)65(73)75-35-38-19-9-3-10-20-38/h2-26,36,42-47,49-63,68,70-71H,27-35H2,1H3,(H,66,72)/t36-,42-,43?,44?,45-,46+,47+,49+,50?,51+,52+,53+,54-,55+,56+,57+,58+,59-,60?,61+,62+,63-/m0/s1. The highest BCUT2D eigenvalue weighted by molar-refractivity contribution is 5.72. The molecule has 0 radical (unpaired) electrons. The molecule has 4 unspecified atom stereocenters. The van der Waals surface area contributed by atoms with Crippen molar-refractivity contribution in [3.05, 3.63) is 179 Å². The lowest BCUT2D eigenvalue weighted by Crippen LogP contribution is -2.66. The first kappa shape index (κ1) is 57.7. The first-order valence-corrected chi connectivity index (χ1v) is 29.7. The van der Waals surface area contributed by atoms with Crippen molar-refractivity contribution >= 4 is 18.2 Å². The molecule has 20 nitrogen and oxygen atoms in total. The highest BCUT2D eigenvalue weighted by Crippen LogP contribution is 2.50. The third kappa shape index (κ3) is 12.1. The molecule has 8 fully saturated rings. The summed E-state index contributed by atoms with van der Waals surface area (Å²) in [6.07, 6.45) is -16.7. The smallest absolute Gasteiger partial charge is 0.412 e. The second-order valence-electron chi connectivity index (χ2n) is 23.4. The molecule has 2 amide bonds. The van der Waals surface area contributed by atoms with E-state index >= 15 is 0 Å². The molecular weight excluding hydrogens is 1100 g/mol. The highest BCUT2D eigenvalue weighted by Gasteiger charge is 2.63. The first-order chi connectivity index (χ1) is 41.5. The Morgan fingerprint density at radius 3 is 1.73 bits per heavy atom. The van der Waals surface area contributed by atoms with Crippen LogP contribution in [0.5, 0.6) is 0 Å². The summed E-state index contributed by atoms with van der Waals surface area (Å²) >= 11 is 0. The van der Waals surface area contributed by atoms with Gasteiger partial charge < -0.3 is 77.5 Å². The molecule has 13 rings (SSSR count). The van der Waals surface area contributed by atoms with Crippen LogP contribution in [0.3, 0.4) is 0 Å². The average Bonchev–Trinajstić information content (AvgIpc) is 3.27. The van der Waals surface area contributed by atoms with Crippen LogP contribution in [-0.2, 0) is 74.9 Å². The van der Waals surface area contributed by atoms with Crippen molar-refractivity contribution in [3.8, 4) is 0 Å². The summed E-state index contributed by atoms with van der Waals surface area (Å²) in [6.45, 7) is 1.23. The molecule has 22 atom stereocenters. The number of benzene rings is 5. The number of ether oxygens (including phenoxy) is 12. The molecule has 4 N–H and O–H groups in total. The topological polar surface area (TPSA) is 238 Å². The van der Waals surface area contributed by atoms with E-state index in [0.717, 1.165) is 22.3 Å². The number of carbonyl (C=O) groups is 3. The quantitative estimate of drug-likeness (QED) is 0.0597. The van der Waals surface area contributed by atoms with Gasteiger partial charge in [-0.05, 0) is 60.3 Å². The zero-order valence-electron chi connectivity index (χ0n) is 46.9. The highest BCUT2D eigenvalue weighted by atomic mass is 16.8. The first-order valence-electron chi connectivity index (χ1n) is 29.7. The van der Waals surface area contributed by atoms with Gasteiger partial charge in [0.15, 0.2) is 25.1 Å². The van der Waals surface area contributed by atoms with Gasteiger partial charge in [0.2, 0.25) is 0 Å². The number of hydrogen-bond acceptors (Lipinski definition) is 18. The van der Waals surface area contributed by atoms with Gasteiger partial charge in [-0.25, -0.2) is 9.59 Å². The van der Waals surface area contributed by atoms with E-state index in [1.54, 1.807) is 0 Å². The third-order valence-corrected chi connectivity index (χ3v) is 17.9. The molecule has 7 aliphatic heterocycles. The number of amides is 2. The number of hydrogen-bond donors (Lipinski definition) is 4. The number of rotatable bonds is 15. The predicted molar refractivity (Wildman–Crippen MR) is 298 cm³/mol. The molecule has 0 bridgehead atoms. The summed E-state index contributed by atoms with van der Waals surface area (Å²) in [5.41, 5.74) is 4.13. The number of nitrogens with zero attached hydrogens (tertiary/aromatic N) is 1. The number of carbonyl (C=O) groups excluding carboxylic acids is 3. The molecule has 7 heterocycles. The summed E-state index contributed by atoms with van der Waals surface area (Å²) < 4.78 is 79.1.